The van der Waals surface area contributed by atoms with Gasteiger partial charge in [0, 0.05) is 36.5 Å². The first-order valence-corrected chi connectivity index (χ1v) is 14.0. The quantitative estimate of drug-likeness (QED) is 0.556. The topological polar surface area (TPSA) is 84.3 Å². The number of nitrogens with zero attached hydrogens (tertiary/aromatic N) is 3. The van der Waals surface area contributed by atoms with Crippen LogP contribution in [0.3, 0.4) is 0 Å². The molecule has 34 heavy (non-hydrogen) atoms. The fourth-order valence-electron chi connectivity index (χ4n) is 4.45. The van der Waals surface area contributed by atoms with Gasteiger partial charge in [0.15, 0.2) is 5.16 Å². The third-order valence-corrected chi connectivity index (χ3v) is 9.26. The minimum Gasteiger partial charge on any atom is -0.346 e. The molecule has 0 atom stereocenters. The van der Waals surface area contributed by atoms with E-state index in [-0.39, 0.29) is 10.8 Å². The average molecular weight is 497 g/mol. The lowest BCUT2D eigenvalue weighted by Crippen LogP contribution is -2.35. The molecule has 3 heterocycles. The summed E-state index contributed by atoms with van der Waals surface area (Å²) in [6, 6.07) is 14.5. The van der Waals surface area contributed by atoms with Crippen LogP contribution in [-0.2, 0) is 23.1 Å². The van der Waals surface area contributed by atoms with Crippen molar-refractivity contribution in [1.82, 2.24) is 19.2 Å². The van der Waals surface area contributed by atoms with Crippen molar-refractivity contribution in [3.8, 4) is 11.3 Å². The van der Waals surface area contributed by atoms with E-state index in [0.29, 0.717) is 25.2 Å². The van der Waals surface area contributed by atoms with E-state index in [2.05, 4.69) is 41.1 Å². The number of carbonyl (C=O) groups excluding carboxylic acids is 1. The van der Waals surface area contributed by atoms with Gasteiger partial charge in [-0.15, -0.1) is 0 Å². The Kier molecular flexibility index (Phi) is 6.50. The summed E-state index contributed by atoms with van der Waals surface area (Å²) in [7, 11) is -3.51. The van der Waals surface area contributed by atoms with E-state index >= 15 is 0 Å². The lowest BCUT2D eigenvalue weighted by atomic mass is 10.1. The summed E-state index contributed by atoms with van der Waals surface area (Å²) in [5.41, 5.74) is 4.53. The minimum atomic E-state index is -3.51. The van der Waals surface area contributed by atoms with Gasteiger partial charge >= 0.3 is 0 Å². The fraction of sp³-hybridized carbons (Fsp3) is 0.360. The smallest absolute Gasteiger partial charge is 0.251 e. The van der Waals surface area contributed by atoms with Crippen LogP contribution in [0, 0.1) is 6.92 Å². The van der Waals surface area contributed by atoms with Crippen LogP contribution in [-0.4, -0.2) is 47.0 Å². The number of sulfonamides is 1. The number of aryl methyl sites for hydroxylation is 1. The molecule has 0 radical (unpaired) electrons. The van der Waals surface area contributed by atoms with Gasteiger partial charge in [-0.25, -0.2) is 13.4 Å². The molecule has 1 fully saturated rings. The predicted octanol–water partition coefficient (Wildman–Crippen LogP) is 4.07. The second-order valence-electron chi connectivity index (χ2n) is 8.73. The Hall–Kier alpha value is -2.62. The van der Waals surface area contributed by atoms with Gasteiger partial charge in [0.1, 0.15) is 0 Å². The Morgan fingerprint density at radius 1 is 1.00 bits per heavy atom. The van der Waals surface area contributed by atoms with Crippen LogP contribution in [0.1, 0.15) is 40.9 Å². The molecule has 0 unspecified atom stereocenters. The summed E-state index contributed by atoms with van der Waals surface area (Å²) in [4.78, 5) is 18.0. The van der Waals surface area contributed by atoms with Crippen LogP contribution >= 0.6 is 11.8 Å². The molecule has 2 aromatic carbocycles. The Labute approximate surface area is 204 Å². The number of thioether (sulfide) groups is 1. The summed E-state index contributed by atoms with van der Waals surface area (Å²) in [6.07, 6.45) is 2.85. The normalized spacial score (nSPS) is 16.4. The van der Waals surface area contributed by atoms with Crippen LogP contribution in [0.25, 0.3) is 11.3 Å². The van der Waals surface area contributed by atoms with Crippen LogP contribution in [0.2, 0.25) is 0 Å². The number of amides is 1. The van der Waals surface area contributed by atoms with Gasteiger partial charge in [-0.1, -0.05) is 48.0 Å². The lowest BCUT2D eigenvalue weighted by Gasteiger charge is -2.25. The number of carbonyl (C=O) groups is 1. The highest BCUT2D eigenvalue weighted by Gasteiger charge is 2.26. The third kappa shape index (κ3) is 4.52. The van der Waals surface area contributed by atoms with Gasteiger partial charge in [0.05, 0.1) is 22.8 Å². The van der Waals surface area contributed by atoms with Crippen molar-refractivity contribution >= 4 is 27.7 Å². The number of benzene rings is 2. The van der Waals surface area contributed by atoms with Crippen molar-refractivity contribution in [1.29, 1.82) is 0 Å². The summed E-state index contributed by atoms with van der Waals surface area (Å²) < 4.78 is 29.4. The van der Waals surface area contributed by atoms with Gasteiger partial charge in [-0.2, -0.15) is 4.31 Å². The predicted molar refractivity (Wildman–Crippen MR) is 133 cm³/mol. The first-order valence-electron chi connectivity index (χ1n) is 11.6. The first kappa shape index (κ1) is 23.1. The van der Waals surface area contributed by atoms with Crippen LogP contribution in [0.5, 0.6) is 0 Å². The minimum absolute atomic E-state index is 0.234. The van der Waals surface area contributed by atoms with Gasteiger partial charge < -0.3 is 9.88 Å². The number of nitrogens with one attached hydrogen (secondary N) is 1. The van der Waals surface area contributed by atoms with Crippen LogP contribution in [0.4, 0.5) is 0 Å². The highest BCUT2D eigenvalue weighted by molar-refractivity contribution is 7.99. The Bertz CT molecular complexity index is 1290. The van der Waals surface area contributed by atoms with Gasteiger partial charge in [0.2, 0.25) is 10.0 Å². The van der Waals surface area contributed by atoms with E-state index in [1.54, 1.807) is 23.9 Å². The number of aromatic nitrogens is 2. The average Bonchev–Trinajstić information content (AvgIpc) is 3.45. The summed E-state index contributed by atoms with van der Waals surface area (Å²) in [6.45, 7) is 4.39. The van der Waals surface area contributed by atoms with E-state index < -0.39 is 10.0 Å². The molecule has 1 aromatic heterocycles. The monoisotopic (exact) mass is 496 g/mol. The molecule has 5 rings (SSSR count). The molecular formula is C25H28N4O3S2. The molecule has 1 amide bonds. The van der Waals surface area contributed by atoms with Crippen LogP contribution in [0.15, 0.2) is 58.6 Å². The highest BCUT2D eigenvalue weighted by Crippen LogP contribution is 2.33. The molecule has 0 bridgehead atoms. The maximum atomic E-state index is 12.9. The molecule has 178 valence electrons. The Morgan fingerprint density at radius 3 is 2.41 bits per heavy atom. The number of hydrogen-bond acceptors (Lipinski definition) is 5. The number of imidazole rings is 1. The molecule has 0 aliphatic carbocycles. The summed E-state index contributed by atoms with van der Waals surface area (Å²) in [5, 5.41) is 3.98. The van der Waals surface area contributed by atoms with E-state index in [4.69, 9.17) is 4.98 Å². The lowest BCUT2D eigenvalue weighted by molar-refractivity contribution is 0.0950. The fourth-order valence-corrected chi connectivity index (χ4v) is 6.94. The van der Waals surface area contributed by atoms with E-state index in [1.165, 1.54) is 22.0 Å². The van der Waals surface area contributed by atoms with Gasteiger partial charge in [-0.05, 0) is 44.0 Å². The van der Waals surface area contributed by atoms with Crippen molar-refractivity contribution in [3.05, 3.63) is 65.4 Å². The standard InChI is InChI=1S/C25H28N4O3S2/c1-18-5-7-19(8-6-18)23-22(29-15-16-33-25(29)27-23)17-26-24(30)20-9-11-21(12-10-20)34(31,32)28-13-3-2-4-14-28/h5-12H,2-4,13-17H2,1H3,(H,26,30). The molecule has 0 saturated carbocycles. The third-order valence-electron chi connectivity index (χ3n) is 6.39. The second-order valence-corrected chi connectivity index (χ2v) is 11.7. The molecule has 9 heteroatoms. The molecule has 7 nitrogen and oxygen atoms in total. The van der Waals surface area contributed by atoms with E-state index in [1.807, 2.05) is 0 Å². The first-order chi connectivity index (χ1) is 16.4. The largest absolute Gasteiger partial charge is 0.346 e. The van der Waals surface area contributed by atoms with Crippen molar-refractivity contribution in [2.75, 3.05) is 18.8 Å². The zero-order valence-corrected chi connectivity index (χ0v) is 20.8. The number of rotatable bonds is 6. The van der Waals surface area contributed by atoms with Crippen molar-refractivity contribution in [2.45, 2.75) is 49.3 Å². The summed E-state index contributed by atoms with van der Waals surface area (Å²) in [5.74, 6) is 0.739. The zero-order valence-electron chi connectivity index (χ0n) is 19.2. The number of hydrogen-bond donors (Lipinski definition) is 1. The number of piperidine rings is 1. The molecule has 2 aliphatic rings. The molecular weight excluding hydrogens is 468 g/mol. The van der Waals surface area contributed by atoms with Crippen molar-refractivity contribution in [3.63, 3.8) is 0 Å². The van der Waals surface area contributed by atoms with E-state index in [9.17, 15) is 13.2 Å². The Balaban J connectivity index is 1.32. The van der Waals surface area contributed by atoms with E-state index in [0.717, 1.165) is 53.7 Å². The molecule has 2 aliphatic heterocycles. The van der Waals surface area contributed by atoms with Gasteiger partial charge in [0.25, 0.3) is 5.91 Å². The molecule has 0 spiro atoms. The molecule has 1 saturated heterocycles. The maximum absolute atomic E-state index is 12.9. The summed E-state index contributed by atoms with van der Waals surface area (Å²) >= 11 is 1.73. The molecule has 1 N–H and O–H groups in total. The van der Waals surface area contributed by atoms with Crippen molar-refractivity contribution < 1.29 is 13.2 Å². The number of fused-ring (bicyclic) bond motifs is 1. The Morgan fingerprint density at radius 2 is 1.71 bits per heavy atom. The SMILES string of the molecule is Cc1ccc(-c2nc3n(c2CNC(=O)c2ccc(S(=O)(=O)N4CCCCC4)cc2)CCS3)cc1. The maximum Gasteiger partial charge on any atom is 0.251 e. The van der Waals surface area contributed by atoms with Crippen molar-refractivity contribution in [2.24, 2.45) is 0 Å². The molecule has 3 aromatic rings. The van der Waals surface area contributed by atoms with Crippen LogP contribution < -0.4 is 5.32 Å². The zero-order chi connectivity index (χ0) is 23.7. The second kappa shape index (κ2) is 9.56. The van der Waals surface area contributed by atoms with Gasteiger partial charge in [-0.3, -0.25) is 4.79 Å². The highest BCUT2D eigenvalue weighted by atomic mass is 32.2.